The van der Waals surface area contributed by atoms with Crippen LogP contribution in [-0.4, -0.2) is 13.2 Å². The predicted molar refractivity (Wildman–Crippen MR) is 110 cm³/mol. The third kappa shape index (κ3) is 3.23. The SMILES string of the molecule is C=CCC1(S(=O)(=O)Nc2c(Nc3ccc(C)cc3F)c(F)c(F)c3ccoc23)CC1. The highest BCUT2D eigenvalue weighted by atomic mass is 32.2. The van der Waals surface area contributed by atoms with Crippen molar-refractivity contribution >= 4 is 38.1 Å². The number of furan rings is 1. The molecule has 5 nitrogen and oxygen atoms in total. The number of hydrogen-bond acceptors (Lipinski definition) is 4. The maximum atomic E-state index is 14.9. The lowest BCUT2D eigenvalue weighted by Crippen LogP contribution is -2.29. The fourth-order valence-corrected chi connectivity index (χ4v) is 5.08. The highest BCUT2D eigenvalue weighted by Crippen LogP contribution is 2.49. The summed E-state index contributed by atoms with van der Waals surface area (Å²) < 4.78 is 76.5. The van der Waals surface area contributed by atoms with E-state index in [4.69, 9.17) is 4.42 Å². The van der Waals surface area contributed by atoms with Gasteiger partial charge in [0.15, 0.2) is 17.2 Å². The Morgan fingerprint density at radius 2 is 1.90 bits per heavy atom. The number of anilines is 3. The van der Waals surface area contributed by atoms with Crippen LogP contribution in [0.15, 0.2) is 47.6 Å². The summed E-state index contributed by atoms with van der Waals surface area (Å²) in [6.07, 6.45) is 3.66. The molecule has 1 heterocycles. The van der Waals surface area contributed by atoms with Gasteiger partial charge in [0.05, 0.1) is 22.1 Å². The average molecular weight is 436 g/mol. The molecule has 1 fully saturated rings. The minimum atomic E-state index is -4.00. The smallest absolute Gasteiger partial charge is 0.238 e. The molecule has 1 aliphatic carbocycles. The highest BCUT2D eigenvalue weighted by molar-refractivity contribution is 7.94. The van der Waals surface area contributed by atoms with Crippen LogP contribution in [0.4, 0.5) is 30.2 Å². The minimum Gasteiger partial charge on any atom is -0.462 e. The van der Waals surface area contributed by atoms with Crippen LogP contribution >= 0.6 is 0 Å². The first kappa shape index (κ1) is 20.3. The molecule has 0 saturated heterocycles. The van der Waals surface area contributed by atoms with E-state index in [1.807, 2.05) is 0 Å². The normalized spacial score (nSPS) is 15.2. The summed E-state index contributed by atoms with van der Waals surface area (Å²) in [5, 5.41) is 2.26. The Bertz CT molecular complexity index is 1260. The number of allylic oxidation sites excluding steroid dienone is 1. The lowest BCUT2D eigenvalue weighted by atomic mass is 10.1. The number of sulfonamides is 1. The van der Waals surface area contributed by atoms with E-state index in [1.165, 1.54) is 24.3 Å². The summed E-state index contributed by atoms with van der Waals surface area (Å²) in [6.45, 7) is 5.27. The highest BCUT2D eigenvalue weighted by Gasteiger charge is 2.54. The molecule has 1 saturated carbocycles. The zero-order valence-corrected chi connectivity index (χ0v) is 16.9. The molecule has 4 rings (SSSR count). The van der Waals surface area contributed by atoms with E-state index in [9.17, 15) is 21.6 Å². The Morgan fingerprint density at radius 3 is 2.53 bits per heavy atom. The largest absolute Gasteiger partial charge is 0.462 e. The zero-order chi connectivity index (χ0) is 21.7. The van der Waals surface area contributed by atoms with Gasteiger partial charge in [0, 0.05) is 0 Å². The molecule has 0 aliphatic heterocycles. The zero-order valence-electron chi connectivity index (χ0n) is 16.1. The Morgan fingerprint density at radius 1 is 1.17 bits per heavy atom. The predicted octanol–water partition coefficient (Wildman–Crippen LogP) is 5.75. The second kappa shape index (κ2) is 7.09. The van der Waals surface area contributed by atoms with Gasteiger partial charge in [-0.25, -0.2) is 21.6 Å². The number of nitrogens with one attached hydrogen (secondary N) is 2. The first-order chi connectivity index (χ1) is 14.2. The van der Waals surface area contributed by atoms with Gasteiger partial charge in [-0.05, 0) is 49.9 Å². The molecule has 1 aliphatic rings. The third-order valence-electron chi connectivity index (χ3n) is 5.31. The summed E-state index contributed by atoms with van der Waals surface area (Å²) in [4.78, 5) is 0. The van der Waals surface area contributed by atoms with E-state index in [2.05, 4.69) is 16.6 Å². The van der Waals surface area contributed by atoms with Gasteiger partial charge in [-0.15, -0.1) is 6.58 Å². The molecule has 0 atom stereocenters. The molecule has 0 radical (unpaired) electrons. The van der Waals surface area contributed by atoms with E-state index < -0.39 is 37.9 Å². The summed E-state index contributed by atoms with van der Waals surface area (Å²) in [5.74, 6) is -3.28. The van der Waals surface area contributed by atoms with Crippen molar-refractivity contribution in [2.75, 3.05) is 10.0 Å². The van der Waals surface area contributed by atoms with E-state index in [0.29, 0.717) is 18.4 Å². The van der Waals surface area contributed by atoms with Crippen molar-refractivity contribution in [3.05, 3.63) is 66.2 Å². The number of halogens is 3. The van der Waals surface area contributed by atoms with Gasteiger partial charge in [0.2, 0.25) is 10.0 Å². The molecular formula is C21H19F3N2O3S. The first-order valence-corrected chi connectivity index (χ1v) is 10.7. The molecule has 1 aromatic heterocycles. The summed E-state index contributed by atoms with van der Waals surface area (Å²) >= 11 is 0. The minimum absolute atomic E-state index is 0.141. The van der Waals surface area contributed by atoms with Crippen LogP contribution in [0.5, 0.6) is 0 Å². The third-order valence-corrected chi connectivity index (χ3v) is 7.49. The Labute approximate surface area is 171 Å². The summed E-state index contributed by atoms with van der Waals surface area (Å²) in [6, 6.07) is 5.35. The standard InChI is InChI=1S/C21H19F3N2O3S/c1-3-7-21(8-9-21)30(27,28)26-19-18(25-15-5-4-12(2)11-14(15)22)17(24)16(23)13-6-10-29-20(13)19/h3-6,10-11,25-26H,1,7-9H2,2H3. The maximum absolute atomic E-state index is 14.9. The summed E-state index contributed by atoms with van der Waals surface area (Å²) in [5.41, 5.74) is -0.577. The van der Waals surface area contributed by atoms with Gasteiger partial charge in [0.25, 0.3) is 0 Å². The van der Waals surface area contributed by atoms with Crippen LogP contribution in [0.25, 0.3) is 11.0 Å². The van der Waals surface area contributed by atoms with Crippen molar-refractivity contribution in [2.24, 2.45) is 0 Å². The number of fused-ring (bicyclic) bond motifs is 1. The number of rotatable bonds is 7. The van der Waals surface area contributed by atoms with Crippen LogP contribution in [0.3, 0.4) is 0 Å². The van der Waals surface area contributed by atoms with Crippen LogP contribution in [-0.2, 0) is 10.0 Å². The molecule has 2 aromatic carbocycles. The average Bonchev–Trinajstić information content (AvgIpc) is 3.32. The molecule has 0 unspecified atom stereocenters. The van der Waals surface area contributed by atoms with E-state index in [0.717, 1.165) is 6.26 Å². The van der Waals surface area contributed by atoms with Crippen molar-refractivity contribution in [3.8, 4) is 0 Å². The maximum Gasteiger partial charge on any atom is 0.238 e. The van der Waals surface area contributed by atoms with Crippen LogP contribution in [0, 0.1) is 24.4 Å². The summed E-state index contributed by atoms with van der Waals surface area (Å²) in [7, 11) is -4.00. The molecular weight excluding hydrogens is 417 g/mol. The van der Waals surface area contributed by atoms with Crippen molar-refractivity contribution in [2.45, 2.75) is 30.9 Å². The van der Waals surface area contributed by atoms with Gasteiger partial charge < -0.3 is 9.73 Å². The molecule has 0 bridgehead atoms. The van der Waals surface area contributed by atoms with E-state index in [1.54, 1.807) is 13.0 Å². The monoisotopic (exact) mass is 436 g/mol. The van der Waals surface area contributed by atoms with E-state index >= 15 is 0 Å². The van der Waals surface area contributed by atoms with Crippen LogP contribution < -0.4 is 10.0 Å². The number of benzene rings is 2. The molecule has 30 heavy (non-hydrogen) atoms. The molecule has 0 spiro atoms. The van der Waals surface area contributed by atoms with Gasteiger partial charge in [0.1, 0.15) is 17.2 Å². The second-order valence-corrected chi connectivity index (χ2v) is 9.51. The van der Waals surface area contributed by atoms with Crippen molar-refractivity contribution in [1.82, 2.24) is 0 Å². The van der Waals surface area contributed by atoms with Gasteiger partial charge >= 0.3 is 0 Å². The Kier molecular flexibility index (Phi) is 4.80. The van der Waals surface area contributed by atoms with Crippen molar-refractivity contribution in [3.63, 3.8) is 0 Å². The van der Waals surface area contributed by atoms with Crippen LogP contribution in [0.2, 0.25) is 0 Å². The van der Waals surface area contributed by atoms with Gasteiger partial charge in [-0.1, -0.05) is 12.1 Å². The molecule has 9 heteroatoms. The second-order valence-electron chi connectivity index (χ2n) is 7.43. The van der Waals surface area contributed by atoms with Crippen molar-refractivity contribution in [1.29, 1.82) is 0 Å². The molecule has 3 aromatic rings. The topological polar surface area (TPSA) is 71.3 Å². The fourth-order valence-electron chi connectivity index (χ4n) is 3.43. The van der Waals surface area contributed by atoms with E-state index in [-0.39, 0.29) is 28.8 Å². The Balaban J connectivity index is 1.87. The number of hydrogen-bond donors (Lipinski definition) is 2. The lowest BCUT2D eigenvalue weighted by molar-refractivity contribution is 0.518. The van der Waals surface area contributed by atoms with Gasteiger partial charge in [-0.2, -0.15) is 0 Å². The lowest BCUT2D eigenvalue weighted by Gasteiger charge is -2.20. The fraction of sp³-hybridized carbons (Fsp3) is 0.238. The number of aryl methyl sites for hydroxylation is 1. The molecule has 0 amide bonds. The quantitative estimate of drug-likeness (QED) is 0.463. The first-order valence-electron chi connectivity index (χ1n) is 9.24. The van der Waals surface area contributed by atoms with Crippen molar-refractivity contribution < 1.29 is 26.0 Å². The van der Waals surface area contributed by atoms with Gasteiger partial charge in [-0.3, -0.25) is 4.72 Å². The Hall–Kier alpha value is -2.94. The van der Waals surface area contributed by atoms with Crippen LogP contribution in [0.1, 0.15) is 24.8 Å². The molecule has 2 N–H and O–H groups in total. The molecule has 158 valence electrons.